The van der Waals surface area contributed by atoms with Crippen LogP contribution < -0.4 is 10.9 Å². The van der Waals surface area contributed by atoms with Crippen molar-refractivity contribution >= 4 is 57.5 Å². The molecule has 0 bridgehead atoms. The van der Waals surface area contributed by atoms with Crippen LogP contribution >= 0.6 is 35.0 Å². The van der Waals surface area contributed by atoms with Gasteiger partial charge in [-0.15, -0.1) is 0 Å². The van der Waals surface area contributed by atoms with Gasteiger partial charge in [-0.25, -0.2) is 4.98 Å². The van der Waals surface area contributed by atoms with Crippen LogP contribution in [0.2, 0.25) is 10.0 Å². The Morgan fingerprint density at radius 3 is 2.77 bits per heavy atom. The SMILES string of the molecule is Cc1ccc(NC(=O)CSc2nc3cc(Cl)ccc3c(=O)n2Cc2ccco2)c(Cl)c1. The van der Waals surface area contributed by atoms with Crippen LogP contribution in [0.25, 0.3) is 10.9 Å². The van der Waals surface area contributed by atoms with Crippen LogP contribution in [0, 0.1) is 6.92 Å². The van der Waals surface area contributed by atoms with Crippen LogP contribution in [-0.4, -0.2) is 21.2 Å². The molecule has 0 radical (unpaired) electrons. The van der Waals surface area contributed by atoms with E-state index < -0.39 is 0 Å². The summed E-state index contributed by atoms with van der Waals surface area (Å²) < 4.78 is 6.89. The molecule has 2 heterocycles. The molecule has 4 rings (SSSR count). The summed E-state index contributed by atoms with van der Waals surface area (Å²) in [5, 5.41) is 4.56. The molecule has 6 nitrogen and oxygen atoms in total. The molecule has 0 aliphatic carbocycles. The Kier molecular flexibility index (Phi) is 6.36. The van der Waals surface area contributed by atoms with Crippen molar-refractivity contribution in [2.75, 3.05) is 11.1 Å². The fraction of sp³-hybridized carbons (Fsp3) is 0.136. The highest BCUT2D eigenvalue weighted by Gasteiger charge is 2.15. The number of hydrogen-bond acceptors (Lipinski definition) is 5. The van der Waals surface area contributed by atoms with Gasteiger partial charge in [-0.2, -0.15) is 0 Å². The number of carbonyl (C=O) groups excluding carboxylic acids is 1. The van der Waals surface area contributed by atoms with Crippen LogP contribution in [0.4, 0.5) is 5.69 Å². The standard InChI is InChI=1S/C22H17Cl2N3O3S/c1-13-4-7-18(17(24)9-13)25-20(28)12-31-22-26-19-10-14(23)5-6-16(19)21(29)27(22)11-15-3-2-8-30-15/h2-10H,11-12H2,1H3,(H,25,28). The first-order chi connectivity index (χ1) is 14.9. The van der Waals surface area contributed by atoms with Crippen LogP contribution in [-0.2, 0) is 11.3 Å². The lowest BCUT2D eigenvalue weighted by molar-refractivity contribution is -0.113. The molecule has 0 saturated carbocycles. The minimum absolute atomic E-state index is 0.0425. The highest BCUT2D eigenvalue weighted by Crippen LogP contribution is 2.24. The number of hydrogen-bond donors (Lipinski definition) is 1. The van der Waals surface area contributed by atoms with E-state index in [4.69, 9.17) is 27.6 Å². The van der Waals surface area contributed by atoms with Gasteiger partial charge in [0.25, 0.3) is 5.56 Å². The van der Waals surface area contributed by atoms with Crippen LogP contribution in [0.3, 0.4) is 0 Å². The zero-order valence-electron chi connectivity index (χ0n) is 16.4. The van der Waals surface area contributed by atoms with Crippen molar-refractivity contribution in [3.05, 3.63) is 86.5 Å². The van der Waals surface area contributed by atoms with Gasteiger partial charge >= 0.3 is 0 Å². The first kappa shape index (κ1) is 21.5. The van der Waals surface area contributed by atoms with Crippen molar-refractivity contribution in [3.8, 4) is 0 Å². The van der Waals surface area contributed by atoms with Crippen molar-refractivity contribution < 1.29 is 9.21 Å². The molecule has 0 atom stereocenters. The smallest absolute Gasteiger partial charge is 0.262 e. The maximum atomic E-state index is 13.1. The number of aromatic nitrogens is 2. The second-order valence-electron chi connectivity index (χ2n) is 6.85. The lowest BCUT2D eigenvalue weighted by Gasteiger charge is -2.13. The summed E-state index contributed by atoms with van der Waals surface area (Å²) in [6.07, 6.45) is 1.54. The van der Waals surface area contributed by atoms with Gasteiger partial charge in [0, 0.05) is 5.02 Å². The van der Waals surface area contributed by atoms with Crippen molar-refractivity contribution in [3.63, 3.8) is 0 Å². The molecule has 4 aromatic rings. The van der Waals surface area contributed by atoms with E-state index in [9.17, 15) is 9.59 Å². The van der Waals surface area contributed by atoms with Crippen molar-refractivity contribution in [1.82, 2.24) is 9.55 Å². The molecule has 31 heavy (non-hydrogen) atoms. The average Bonchev–Trinajstić information content (AvgIpc) is 3.24. The average molecular weight is 474 g/mol. The van der Waals surface area contributed by atoms with Gasteiger partial charge in [0.2, 0.25) is 5.91 Å². The normalized spacial score (nSPS) is 11.1. The van der Waals surface area contributed by atoms with E-state index in [2.05, 4.69) is 10.3 Å². The molecular formula is C22H17Cl2N3O3S. The Labute approximate surface area is 192 Å². The summed E-state index contributed by atoms with van der Waals surface area (Å²) >= 11 is 13.4. The third-order valence-corrected chi connectivity index (χ3v) is 6.03. The molecular weight excluding hydrogens is 457 g/mol. The van der Waals surface area contributed by atoms with E-state index in [1.807, 2.05) is 13.0 Å². The minimum atomic E-state index is -0.263. The fourth-order valence-electron chi connectivity index (χ4n) is 3.02. The predicted octanol–water partition coefficient (Wildman–Crippen LogP) is 5.38. The van der Waals surface area contributed by atoms with Gasteiger partial charge < -0.3 is 9.73 Å². The number of nitrogens with one attached hydrogen (secondary N) is 1. The molecule has 0 saturated heterocycles. The van der Waals surface area contributed by atoms with E-state index in [1.165, 1.54) is 4.57 Å². The minimum Gasteiger partial charge on any atom is -0.467 e. The van der Waals surface area contributed by atoms with Gasteiger partial charge in [-0.1, -0.05) is 41.0 Å². The summed E-state index contributed by atoms with van der Waals surface area (Å²) in [5.74, 6) is 0.386. The molecule has 1 N–H and O–H groups in total. The number of aryl methyl sites for hydroxylation is 1. The number of amides is 1. The molecule has 2 aromatic carbocycles. The molecule has 9 heteroatoms. The van der Waals surface area contributed by atoms with E-state index in [0.29, 0.717) is 37.6 Å². The zero-order valence-corrected chi connectivity index (χ0v) is 18.7. The summed E-state index contributed by atoms with van der Waals surface area (Å²) in [6.45, 7) is 2.12. The van der Waals surface area contributed by atoms with Crippen LogP contribution in [0.1, 0.15) is 11.3 Å². The highest BCUT2D eigenvalue weighted by molar-refractivity contribution is 7.99. The third kappa shape index (κ3) is 4.95. The highest BCUT2D eigenvalue weighted by atomic mass is 35.5. The van der Waals surface area contributed by atoms with Gasteiger partial charge in [0.15, 0.2) is 5.16 Å². The summed E-state index contributed by atoms with van der Waals surface area (Å²) in [7, 11) is 0. The van der Waals surface area contributed by atoms with Gasteiger partial charge in [-0.3, -0.25) is 14.2 Å². The maximum absolute atomic E-state index is 13.1. The molecule has 0 aliphatic heterocycles. The van der Waals surface area contributed by atoms with Crippen molar-refractivity contribution in [1.29, 1.82) is 0 Å². The summed E-state index contributed by atoms with van der Waals surface area (Å²) in [4.78, 5) is 30.2. The van der Waals surface area contributed by atoms with Gasteiger partial charge in [-0.05, 0) is 55.0 Å². The molecule has 0 fully saturated rings. The zero-order chi connectivity index (χ0) is 22.0. The summed E-state index contributed by atoms with van der Waals surface area (Å²) in [6, 6.07) is 13.8. The number of fused-ring (bicyclic) bond motifs is 1. The second kappa shape index (κ2) is 9.18. The number of nitrogens with zero attached hydrogens (tertiary/aromatic N) is 2. The lowest BCUT2D eigenvalue weighted by atomic mass is 10.2. The predicted molar refractivity (Wildman–Crippen MR) is 124 cm³/mol. The maximum Gasteiger partial charge on any atom is 0.262 e. The van der Waals surface area contributed by atoms with E-state index in [1.54, 1.807) is 48.7 Å². The van der Waals surface area contributed by atoms with Gasteiger partial charge in [0.1, 0.15) is 5.76 Å². The van der Waals surface area contributed by atoms with Crippen molar-refractivity contribution in [2.24, 2.45) is 0 Å². The molecule has 0 unspecified atom stereocenters. The lowest BCUT2D eigenvalue weighted by Crippen LogP contribution is -2.24. The van der Waals surface area contributed by atoms with E-state index in [0.717, 1.165) is 17.3 Å². The van der Waals surface area contributed by atoms with Crippen LogP contribution in [0.15, 0.2) is 69.2 Å². The van der Waals surface area contributed by atoms with E-state index in [-0.39, 0.29) is 23.8 Å². The van der Waals surface area contributed by atoms with Gasteiger partial charge in [0.05, 0.1) is 40.2 Å². The monoisotopic (exact) mass is 473 g/mol. The van der Waals surface area contributed by atoms with E-state index >= 15 is 0 Å². The molecule has 0 spiro atoms. The first-order valence-corrected chi connectivity index (χ1v) is 11.1. The Morgan fingerprint density at radius 1 is 1.19 bits per heavy atom. The third-order valence-electron chi connectivity index (χ3n) is 4.51. The number of benzene rings is 2. The van der Waals surface area contributed by atoms with Crippen LogP contribution in [0.5, 0.6) is 0 Å². The number of anilines is 1. The second-order valence-corrected chi connectivity index (χ2v) is 8.63. The molecule has 158 valence electrons. The molecule has 0 aliphatic rings. The molecule has 2 aromatic heterocycles. The Balaban J connectivity index is 1.62. The quantitative estimate of drug-likeness (QED) is 0.300. The van der Waals surface area contributed by atoms with Crippen molar-refractivity contribution in [2.45, 2.75) is 18.6 Å². The number of halogens is 2. The Morgan fingerprint density at radius 2 is 2.03 bits per heavy atom. The number of furan rings is 1. The summed E-state index contributed by atoms with van der Waals surface area (Å²) in [5.41, 5.74) is 1.77. The Hall–Kier alpha value is -2.74. The molecule has 1 amide bonds. The number of carbonyl (C=O) groups is 1. The topological polar surface area (TPSA) is 77.1 Å². The Bertz CT molecular complexity index is 1320. The fourth-order valence-corrected chi connectivity index (χ4v) is 4.27. The number of thioether (sulfide) groups is 1. The largest absolute Gasteiger partial charge is 0.467 e. The first-order valence-electron chi connectivity index (χ1n) is 9.32. The number of rotatable bonds is 6.